The van der Waals surface area contributed by atoms with E-state index in [2.05, 4.69) is 5.32 Å². The highest BCUT2D eigenvalue weighted by Gasteiger charge is 2.19. The monoisotopic (exact) mass is 468 g/mol. The van der Waals surface area contributed by atoms with Crippen molar-refractivity contribution in [3.63, 3.8) is 0 Å². The number of nitrogens with one attached hydrogen (secondary N) is 2. The van der Waals surface area contributed by atoms with Gasteiger partial charge in [0.2, 0.25) is 0 Å². The van der Waals surface area contributed by atoms with Crippen LogP contribution in [0.1, 0.15) is 35.1 Å². The van der Waals surface area contributed by atoms with Gasteiger partial charge in [-0.1, -0.05) is 18.2 Å². The van der Waals surface area contributed by atoms with Crippen LogP contribution in [-0.2, 0) is 18.4 Å². The maximum Gasteiger partial charge on any atom is 0.258 e. The molecule has 0 aliphatic rings. The van der Waals surface area contributed by atoms with E-state index in [9.17, 15) is 9.59 Å². The second-order valence-corrected chi connectivity index (χ2v) is 8.38. The molecule has 0 aliphatic heterocycles. The van der Waals surface area contributed by atoms with Gasteiger partial charge in [-0.25, -0.2) is 4.98 Å². The van der Waals surface area contributed by atoms with Crippen LogP contribution in [0.2, 0.25) is 0 Å². The van der Waals surface area contributed by atoms with Gasteiger partial charge in [-0.2, -0.15) is 0 Å². The number of aryl methyl sites for hydroxylation is 1. The summed E-state index contributed by atoms with van der Waals surface area (Å²) in [4.78, 5) is 31.4. The average molecular weight is 469 g/mol. The van der Waals surface area contributed by atoms with Crippen LogP contribution >= 0.6 is 0 Å². The quantitative estimate of drug-likeness (QED) is 0.253. The number of nitrogen functional groups attached to an aromatic ring is 1. The van der Waals surface area contributed by atoms with Gasteiger partial charge in [-0.05, 0) is 61.5 Å². The molecular weight excluding hydrogens is 440 g/mol. The Hall–Kier alpha value is -4.46. The molecule has 178 valence electrons. The van der Waals surface area contributed by atoms with Gasteiger partial charge < -0.3 is 20.5 Å². The Labute approximate surface area is 203 Å². The summed E-state index contributed by atoms with van der Waals surface area (Å²) >= 11 is 0. The molecular formula is C27H28N6O2. The van der Waals surface area contributed by atoms with Crippen molar-refractivity contribution in [2.75, 3.05) is 16.8 Å². The van der Waals surface area contributed by atoms with Crippen molar-refractivity contribution in [2.24, 2.45) is 12.8 Å². The van der Waals surface area contributed by atoms with Gasteiger partial charge in [0.1, 0.15) is 17.4 Å². The minimum absolute atomic E-state index is 0.0318. The van der Waals surface area contributed by atoms with Gasteiger partial charge in [-0.15, -0.1) is 0 Å². The summed E-state index contributed by atoms with van der Waals surface area (Å²) in [5.41, 5.74) is 9.98. The summed E-state index contributed by atoms with van der Waals surface area (Å²) < 4.78 is 1.99. The molecule has 8 nitrogen and oxygen atoms in total. The SMILES string of the molecule is CC(=O)CCN(C(=O)c1ccc2c(c1)nc(CNc1ccc(C(=N)N)cc1)n2C)c1ccccc1. The molecule has 0 atom stereocenters. The molecule has 1 heterocycles. The predicted molar refractivity (Wildman–Crippen MR) is 139 cm³/mol. The van der Waals surface area contributed by atoms with Crippen LogP contribution in [-0.4, -0.2) is 33.6 Å². The van der Waals surface area contributed by atoms with Gasteiger partial charge in [0.15, 0.2) is 0 Å². The number of amidine groups is 1. The second-order valence-electron chi connectivity index (χ2n) is 8.38. The predicted octanol–water partition coefficient (Wildman–Crippen LogP) is 4.10. The van der Waals surface area contributed by atoms with Crippen molar-refractivity contribution < 1.29 is 9.59 Å². The number of hydrogen-bond acceptors (Lipinski definition) is 5. The normalized spacial score (nSPS) is 10.8. The number of Topliss-reactive ketones (excluding diaryl/α,β-unsaturated/α-hetero) is 1. The van der Waals surface area contributed by atoms with Crippen molar-refractivity contribution in [2.45, 2.75) is 19.9 Å². The highest BCUT2D eigenvalue weighted by atomic mass is 16.2. The third-order valence-electron chi connectivity index (χ3n) is 5.87. The number of aromatic nitrogens is 2. The van der Waals surface area contributed by atoms with Crippen LogP contribution in [0.3, 0.4) is 0 Å². The number of benzene rings is 3. The topological polar surface area (TPSA) is 117 Å². The molecule has 0 radical (unpaired) electrons. The van der Waals surface area contributed by atoms with Crippen molar-refractivity contribution in [1.82, 2.24) is 9.55 Å². The molecule has 0 saturated heterocycles. The number of nitrogens with two attached hydrogens (primary N) is 1. The fourth-order valence-corrected chi connectivity index (χ4v) is 3.87. The van der Waals surface area contributed by atoms with Gasteiger partial charge >= 0.3 is 0 Å². The summed E-state index contributed by atoms with van der Waals surface area (Å²) in [6, 6.07) is 22.2. The summed E-state index contributed by atoms with van der Waals surface area (Å²) in [5.74, 6) is 0.711. The van der Waals surface area contributed by atoms with E-state index >= 15 is 0 Å². The molecule has 8 heteroatoms. The lowest BCUT2D eigenvalue weighted by Gasteiger charge is -2.22. The first kappa shape index (κ1) is 23.7. The standard InChI is InChI=1S/C27H28N6O2/c1-18(34)14-15-33(22-6-4-3-5-7-22)27(35)20-10-13-24-23(16-20)31-25(32(24)2)17-30-21-11-8-19(9-12-21)26(28)29/h3-13,16,30H,14-15,17H2,1-2H3,(H3,28,29). The van der Waals surface area contributed by atoms with E-state index in [0.717, 1.165) is 28.2 Å². The summed E-state index contributed by atoms with van der Waals surface area (Å²) in [7, 11) is 1.94. The summed E-state index contributed by atoms with van der Waals surface area (Å²) in [5, 5.41) is 10.8. The first-order valence-corrected chi connectivity index (χ1v) is 11.3. The third-order valence-corrected chi connectivity index (χ3v) is 5.87. The smallest absolute Gasteiger partial charge is 0.258 e. The van der Waals surface area contributed by atoms with E-state index in [0.29, 0.717) is 24.2 Å². The minimum atomic E-state index is -0.171. The number of amides is 1. The largest absolute Gasteiger partial charge is 0.384 e. The number of carbonyl (C=O) groups excluding carboxylic acids is 2. The van der Waals surface area contributed by atoms with E-state index in [1.165, 1.54) is 6.92 Å². The fourth-order valence-electron chi connectivity index (χ4n) is 3.87. The molecule has 0 fully saturated rings. The molecule has 0 unspecified atom stereocenters. The zero-order valence-corrected chi connectivity index (χ0v) is 19.8. The molecule has 3 aromatic carbocycles. The Morgan fingerprint density at radius 1 is 1.03 bits per heavy atom. The lowest BCUT2D eigenvalue weighted by Crippen LogP contribution is -2.32. The first-order valence-electron chi connectivity index (χ1n) is 11.3. The molecule has 0 bridgehead atoms. The molecule has 4 aromatic rings. The molecule has 4 N–H and O–H groups in total. The Kier molecular flexibility index (Phi) is 6.91. The molecule has 1 aromatic heterocycles. The molecule has 1 amide bonds. The van der Waals surface area contributed by atoms with Crippen molar-refractivity contribution in [1.29, 1.82) is 5.41 Å². The van der Waals surface area contributed by atoms with Crippen LogP contribution in [0.25, 0.3) is 11.0 Å². The molecule has 4 rings (SSSR count). The number of hydrogen-bond donors (Lipinski definition) is 3. The number of carbonyl (C=O) groups is 2. The average Bonchev–Trinajstić information content (AvgIpc) is 3.18. The van der Waals surface area contributed by atoms with Crippen LogP contribution in [0.5, 0.6) is 0 Å². The van der Waals surface area contributed by atoms with Crippen molar-refractivity contribution >= 4 is 39.9 Å². The van der Waals surface area contributed by atoms with Crippen LogP contribution in [0, 0.1) is 5.41 Å². The second kappa shape index (κ2) is 10.2. The zero-order chi connectivity index (χ0) is 24.9. The molecule has 35 heavy (non-hydrogen) atoms. The highest BCUT2D eigenvalue weighted by Crippen LogP contribution is 2.22. The van der Waals surface area contributed by atoms with Crippen molar-refractivity contribution in [3.05, 3.63) is 89.7 Å². The number of para-hydroxylation sites is 1. The number of imidazole rings is 1. The Balaban J connectivity index is 1.56. The molecule has 0 spiro atoms. The summed E-state index contributed by atoms with van der Waals surface area (Å²) in [6.07, 6.45) is 0.287. The maximum atomic E-state index is 13.4. The Morgan fingerprint density at radius 3 is 2.37 bits per heavy atom. The van der Waals surface area contributed by atoms with Gasteiger partial charge in [0.25, 0.3) is 5.91 Å². The molecule has 0 saturated carbocycles. The van der Waals surface area contributed by atoms with E-state index in [-0.39, 0.29) is 23.9 Å². The number of nitrogens with zero attached hydrogens (tertiary/aromatic N) is 3. The third kappa shape index (κ3) is 5.38. The van der Waals surface area contributed by atoms with Crippen molar-refractivity contribution in [3.8, 4) is 0 Å². The molecule has 0 aliphatic carbocycles. The Bertz CT molecular complexity index is 1380. The minimum Gasteiger partial charge on any atom is -0.384 e. The first-order chi connectivity index (χ1) is 16.8. The van der Waals surface area contributed by atoms with E-state index in [1.807, 2.05) is 60.1 Å². The van der Waals surface area contributed by atoms with E-state index in [4.69, 9.17) is 16.1 Å². The zero-order valence-electron chi connectivity index (χ0n) is 19.8. The van der Waals surface area contributed by atoms with Gasteiger partial charge in [0.05, 0.1) is 17.6 Å². The number of anilines is 2. The lowest BCUT2D eigenvalue weighted by molar-refractivity contribution is -0.116. The van der Waals surface area contributed by atoms with E-state index in [1.54, 1.807) is 29.2 Å². The Morgan fingerprint density at radius 2 is 1.71 bits per heavy atom. The van der Waals surface area contributed by atoms with E-state index < -0.39 is 0 Å². The lowest BCUT2D eigenvalue weighted by atomic mass is 10.1. The number of rotatable bonds is 9. The number of ketones is 1. The van der Waals surface area contributed by atoms with Crippen LogP contribution in [0.15, 0.2) is 72.8 Å². The van der Waals surface area contributed by atoms with Crippen LogP contribution in [0.4, 0.5) is 11.4 Å². The summed E-state index contributed by atoms with van der Waals surface area (Å²) in [6.45, 7) is 2.33. The fraction of sp³-hybridized carbons (Fsp3) is 0.185. The van der Waals surface area contributed by atoms with Crippen LogP contribution < -0.4 is 16.0 Å². The highest BCUT2D eigenvalue weighted by molar-refractivity contribution is 6.07. The van der Waals surface area contributed by atoms with Gasteiger partial charge in [0, 0.05) is 42.5 Å². The maximum absolute atomic E-state index is 13.4. The van der Waals surface area contributed by atoms with Gasteiger partial charge in [-0.3, -0.25) is 15.0 Å². The number of fused-ring (bicyclic) bond motifs is 1.